The molecule has 120 valence electrons. The van der Waals surface area contributed by atoms with Gasteiger partial charge in [0.25, 0.3) is 0 Å². The number of benzene rings is 2. The molecule has 1 aliphatic rings. The van der Waals surface area contributed by atoms with Crippen molar-refractivity contribution in [2.24, 2.45) is 0 Å². The smallest absolute Gasteiger partial charge is 0.323 e. The molecule has 2 aromatic carbocycles. The number of anilines is 2. The first kappa shape index (κ1) is 15.5. The number of amides is 2. The van der Waals surface area contributed by atoms with Crippen molar-refractivity contribution in [3.63, 3.8) is 0 Å². The third kappa shape index (κ3) is 4.31. The lowest BCUT2D eigenvalue weighted by molar-refractivity contribution is 0.0277. The summed E-state index contributed by atoms with van der Waals surface area (Å²) in [5.74, 6) is 0. The van der Waals surface area contributed by atoms with Crippen molar-refractivity contribution in [1.29, 1.82) is 0 Å². The van der Waals surface area contributed by atoms with Gasteiger partial charge < -0.3 is 20.7 Å². The summed E-state index contributed by atoms with van der Waals surface area (Å²) in [6, 6.07) is 15.2. The molecule has 23 heavy (non-hydrogen) atoms. The molecule has 1 saturated heterocycles. The predicted molar refractivity (Wildman–Crippen MR) is 91.8 cm³/mol. The standard InChI is InChI=1S/C18H21N3O2/c1-13-2-6-15(7-3-13)20-18(22)21-16-8-4-14(5-9-16)17-12-19-10-11-23-17/h2-9,17,19H,10-12H2,1H3,(H2,20,21,22). The number of morpholine rings is 1. The maximum absolute atomic E-state index is 12.0. The summed E-state index contributed by atoms with van der Waals surface area (Å²) in [5.41, 5.74) is 3.79. The summed E-state index contributed by atoms with van der Waals surface area (Å²) < 4.78 is 5.71. The molecule has 3 rings (SSSR count). The van der Waals surface area contributed by atoms with Crippen LogP contribution >= 0.6 is 0 Å². The molecule has 5 heteroatoms. The number of carbonyl (C=O) groups is 1. The number of nitrogens with one attached hydrogen (secondary N) is 3. The van der Waals surface area contributed by atoms with Crippen LogP contribution in [0.4, 0.5) is 16.2 Å². The maximum atomic E-state index is 12.0. The lowest BCUT2D eigenvalue weighted by atomic mass is 10.1. The van der Waals surface area contributed by atoms with Crippen LogP contribution in [0.25, 0.3) is 0 Å². The summed E-state index contributed by atoms with van der Waals surface area (Å²) in [4.78, 5) is 12.0. The second-order valence-corrected chi connectivity index (χ2v) is 5.63. The van der Waals surface area contributed by atoms with E-state index in [0.29, 0.717) is 0 Å². The van der Waals surface area contributed by atoms with Crippen LogP contribution < -0.4 is 16.0 Å². The quantitative estimate of drug-likeness (QED) is 0.815. The van der Waals surface area contributed by atoms with E-state index in [-0.39, 0.29) is 12.1 Å². The Morgan fingerprint density at radius 1 is 1.04 bits per heavy atom. The Hall–Kier alpha value is -2.37. The highest BCUT2D eigenvalue weighted by Gasteiger charge is 2.15. The van der Waals surface area contributed by atoms with Gasteiger partial charge in [-0.15, -0.1) is 0 Å². The lowest BCUT2D eigenvalue weighted by Gasteiger charge is -2.24. The third-order valence-electron chi connectivity index (χ3n) is 3.78. The largest absolute Gasteiger partial charge is 0.371 e. The van der Waals surface area contributed by atoms with Gasteiger partial charge in [0.2, 0.25) is 0 Å². The van der Waals surface area contributed by atoms with Crippen LogP contribution in [-0.4, -0.2) is 25.7 Å². The van der Waals surface area contributed by atoms with E-state index in [4.69, 9.17) is 4.74 Å². The van der Waals surface area contributed by atoms with Crippen LogP contribution in [0.15, 0.2) is 48.5 Å². The van der Waals surface area contributed by atoms with E-state index in [1.807, 2.05) is 55.5 Å². The number of rotatable bonds is 3. The Morgan fingerprint density at radius 2 is 1.65 bits per heavy atom. The predicted octanol–water partition coefficient (Wildman–Crippen LogP) is 3.30. The third-order valence-corrected chi connectivity index (χ3v) is 3.78. The maximum Gasteiger partial charge on any atom is 0.323 e. The summed E-state index contributed by atoms with van der Waals surface area (Å²) >= 11 is 0. The zero-order chi connectivity index (χ0) is 16.1. The SMILES string of the molecule is Cc1ccc(NC(=O)Nc2ccc(C3CNCCO3)cc2)cc1. The number of hydrogen-bond donors (Lipinski definition) is 3. The minimum atomic E-state index is -0.253. The average molecular weight is 311 g/mol. The Kier molecular flexibility index (Phi) is 4.90. The van der Waals surface area contributed by atoms with Crippen LogP contribution in [0.2, 0.25) is 0 Å². The fourth-order valence-corrected chi connectivity index (χ4v) is 2.49. The lowest BCUT2D eigenvalue weighted by Crippen LogP contribution is -2.33. The van der Waals surface area contributed by atoms with Crippen molar-refractivity contribution in [3.05, 3.63) is 59.7 Å². The fourth-order valence-electron chi connectivity index (χ4n) is 2.49. The molecule has 0 aliphatic carbocycles. The molecule has 1 atom stereocenters. The van der Waals surface area contributed by atoms with Gasteiger partial charge in [0.1, 0.15) is 0 Å². The second kappa shape index (κ2) is 7.26. The molecule has 1 aliphatic heterocycles. The van der Waals surface area contributed by atoms with Gasteiger partial charge in [0, 0.05) is 24.5 Å². The van der Waals surface area contributed by atoms with E-state index in [9.17, 15) is 4.79 Å². The van der Waals surface area contributed by atoms with Gasteiger partial charge in [-0.1, -0.05) is 29.8 Å². The first-order valence-electron chi connectivity index (χ1n) is 7.78. The van der Waals surface area contributed by atoms with E-state index in [1.165, 1.54) is 0 Å². The average Bonchev–Trinajstić information content (AvgIpc) is 2.58. The molecule has 3 N–H and O–H groups in total. The van der Waals surface area contributed by atoms with E-state index in [1.54, 1.807) is 0 Å². The second-order valence-electron chi connectivity index (χ2n) is 5.63. The Labute approximate surface area is 136 Å². The Balaban J connectivity index is 1.57. The van der Waals surface area contributed by atoms with Crippen LogP contribution in [0.1, 0.15) is 17.2 Å². The van der Waals surface area contributed by atoms with Crippen molar-refractivity contribution < 1.29 is 9.53 Å². The molecule has 0 saturated carbocycles. The molecule has 0 aromatic heterocycles. The molecule has 1 fully saturated rings. The van der Waals surface area contributed by atoms with Gasteiger partial charge in [-0.25, -0.2) is 4.79 Å². The molecule has 0 spiro atoms. The first-order chi connectivity index (χ1) is 11.2. The van der Waals surface area contributed by atoms with Gasteiger partial charge in [-0.2, -0.15) is 0 Å². The van der Waals surface area contributed by atoms with E-state index in [0.717, 1.165) is 42.2 Å². The molecule has 0 bridgehead atoms. The summed E-state index contributed by atoms with van der Waals surface area (Å²) in [6.45, 7) is 4.45. The topological polar surface area (TPSA) is 62.4 Å². The van der Waals surface area contributed by atoms with E-state index < -0.39 is 0 Å². The summed E-state index contributed by atoms with van der Waals surface area (Å²) in [5, 5.41) is 8.95. The molecule has 1 heterocycles. The minimum absolute atomic E-state index is 0.0826. The molecular weight excluding hydrogens is 290 g/mol. The van der Waals surface area contributed by atoms with Crippen LogP contribution in [-0.2, 0) is 4.74 Å². The normalized spacial score (nSPS) is 17.5. The number of hydrogen-bond acceptors (Lipinski definition) is 3. The van der Waals surface area contributed by atoms with Gasteiger partial charge in [-0.05, 0) is 36.8 Å². The number of carbonyl (C=O) groups excluding carboxylic acids is 1. The van der Waals surface area contributed by atoms with Crippen molar-refractivity contribution in [2.45, 2.75) is 13.0 Å². The number of ether oxygens (including phenoxy) is 1. The van der Waals surface area contributed by atoms with Crippen LogP contribution in [0, 0.1) is 6.92 Å². The van der Waals surface area contributed by atoms with Crippen molar-refractivity contribution in [3.8, 4) is 0 Å². The zero-order valence-electron chi connectivity index (χ0n) is 13.1. The molecule has 2 aromatic rings. The monoisotopic (exact) mass is 311 g/mol. The van der Waals surface area contributed by atoms with Crippen molar-refractivity contribution in [1.82, 2.24) is 5.32 Å². The first-order valence-corrected chi connectivity index (χ1v) is 7.78. The number of aryl methyl sites for hydroxylation is 1. The van der Waals surface area contributed by atoms with Gasteiger partial charge in [0.05, 0.1) is 12.7 Å². The minimum Gasteiger partial charge on any atom is -0.371 e. The molecule has 2 amide bonds. The fraction of sp³-hybridized carbons (Fsp3) is 0.278. The van der Waals surface area contributed by atoms with Gasteiger partial charge >= 0.3 is 6.03 Å². The molecule has 5 nitrogen and oxygen atoms in total. The highest BCUT2D eigenvalue weighted by molar-refractivity contribution is 5.99. The van der Waals surface area contributed by atoms with Gasteiger partial charge in [-0.3, -0.25) is 0 Å². The highest BCUT2D eigenvalue weighted by atomic mass is 16.5. The molecule has 1 unspecified atom stereocenters. The van der Waals surface area contributed by atoms with Crippen molar-refractivity contribution >= 4 is 17.4 Å². The highest BCUT2D eigenvalue weighted by Crippen LogP contribution is 2.20. The zero-order valence-corrected chi connectivity index (χ0v) is 13.1. The Bertz CT molecular complexity index is 647. The molecular formula is C18H21N3O2. The Morgan fingerprint density at radius 3 is 2.22 bits per heavy atom. The van der Waals surface area contributed by atoms with Crippen LogP contribution in [0.5, 0.6) is 0 Å². The van der Waals surface area contributed by atoms with Crippen LogP contribution in [0.3, 0.4) is 0 Å². The summed E-state index contributed by atoms with van der Waals surface area (Å²) in [6.07, 6.45) is 0.0826. The molecule has 0 radical (unpaired) electrons. The van der Waals surface area contributed by atoms with Gasteiger partial charge in [0.15, 0.2) is 0 Å². The summed E-state index contributed by atoms with van der Waals surface area (Å²) in [7, 11) is 0. The van der Waals surface area contributed by atoms with Crippen molar-refractivity contribution in [2.75, 3.05) is 30.3 Å². The number of urea groups is 1. The van der Waals surface area contributed by atoms with E-state index >= 15 is 0 Å². The van der Waals surface area contributed by atoms with E-state index in [2.05, 4.69) is 16.0 Å².